The number of Topliss-reactive ketones (excluding diaryl/α,β-unsaturated/α-hetero) is 1. The lowest BCUT2D eigenvalue weighted by atomic mass is 9.67. The molecular formula is C58H91N9O19Si. The number of primary amides is 1. The second kappa shape index (κ2) is 28.1. The summed E-state index contributed by atoms with van der Waals surface area (Å²) >= 11 is 0. The molecule has 4 fully saturated rings. The summed E-state index contributed by atoms with van der Waals surface area (Å²) in [4.78, 5) is 152. The van der Waals surface area contributed by atoms with E-state index in [4.69, 9.17) is 14.9 Å². The Morgan fingerprint density at radius 2 is 1.26 bits per heavy atom. The van der Waals surface area contributed by atoms with E-state index in [1.54, 1.807) is 6.08 Å². The predicted octanol–water partition coefficient (Wildman–Crippen LogP) is -3.01. The second-order valence-electron chi connectivity index (χ2n) is 26.1. The van der Waals surface area contributed by atoms with Gasteiger partial charge in [-0.2, -0.15) is 0 Å². The molecule has 0 aromatic carbocycles. The standard InChI is InChI=1S/C58H91N9O19Si/c1-30-43-34(45(75)57(7,84)58(30)19-20-58)23-56(6,29-85-87(8,9)55(3,4)5)46(43)86-54(83)40-16-13-21-66(40)53(82)39(28-71)64-49(78)36(25-68)61-47(76)35(17-18-42(59)74)60-52(81)44(32-14-11-10-12-15-32)65-50(79)38(27-70)62-48(77)37(26-69)63-51(80)41-22-33(73)24-67(41)31(2)72/h23,32-33,35-41,44,46,68-71,73,84H,10-22,24-29H2,1-9H3,(H2,59,74)(H,60,81)(H,61,76)(H,62,77)(H,63,80)(H,64,78)(H,65,79)/t33-,35+,36+,37+,38+,39+,40+,41+,44+,46-,56+,57?/m1/s1. The van der Waals surface area contributed by atoms with Gasteiger partial charge in [0.15, 0.2) is 14.1 Å². The zero-order valence-electron chi connectivity index (χ0n) is 51.3. The number of nitrogens with one attached hydrogen (secondary N) is 6. The quantitative estimate of drug-likeness (QED) is 0.0303. The molecule has 1 spiro atoms. The SMILES string of the molecule is CC(=O)N1C[C@H](O)C[C@H]1C(=O)N[C@@H](CO)C(=O)N[C@@H](CO)C(=O)N[C@H](C(=O)N[C@@H](CCC(N)=O)C(=O)N[C@@H](CO)C(=O)N[C@@H](CO)C(=O)N1CCC[C@H]1C(=O)O[C@@H]1C2=C(C)C3(CC3)C(C)(O)C(=O)C2=C[C@@]1(C)CO[Si](C)(C)C(C)(C)C)C1CCCCC1. The molecule has 1 unspecified atom stereocenters. The minimum atomic E-state index is -2.43. The minimum absolute atomic E-state index is 0.00361. The summed E-state index contributed by atoms with van der Waals surface area (Å²) in [6, 6.07) is -12.6. The van der Waals surface area contributed by atoms with Crippen LogP contribution >= 0.6 is 0 Å². The molecule has 87 heavy (non-hydrogen) atoms. The number of ketones is 1. The highest BCUT2D eigenvalue weighted by Gasteiger charge is 2.67. The van der Waals surface area contributed by atoms with Gasteiger partial charge in [-0.3, -0.25) is 47.9 Å². The molecule has 486 valence electrons. The molecule has 28 nitrogen and oxygen atoms in total. The van der Waals surface area contributed by atoms with E-state index in [1.165, 1.54) is 13.8 Å². The molecule has 6 rings (SSSR count). The van der Waals surface area contributed by atoms with Gasteiger partial charge in [0, 0.05) is 61.4 Å². The van der Waals surface area contributed by atoms with Gasteiger partial charge in [-0.25, -0.2) is 4.79 Å². The summed E-state index contributed by atoms with van der Waals surface area (Å²) in [7, 11) is -2.43. The number of hydrogen-bond donors (Lipinski definition) is 13. The van der Waals surface area contributed by atoms with Gasteiger partial charge in [-0.1, -0.05) is 51.7 Å². The first-order valence-electron chi connectivity index (χ1n) is 30.0. The lowest BCUT2D eigenvalue weighted by Gasteiger charge is -2.42. The van der Waals surface area contributed by atoms with Crippen LogP contribution in [0.25, 0.3) is 0 Å². The fourth-order valence-electron chi connectivity index (χ4n) is 12.4. The monoisotopic (exact) mass is 1250 g/mol. The van der Waals surface area contributed by atoms with Crippen LogP contribution < -0.4 is 37.6 Å². The van der Waals surface area contributed by atoms with Gasteiger partial charge >= 0.3 is 5.97 Å². The molecule has 6 aliphatic rings. The highest BCUT2D eigenvalue weighted by atomic mass is 28.4. The Morgan fingerprint density at radius 1 is 0.736 bits per heavy atom. The van der Waals surface area contributed by atoms with Crippen LogP contribution in [-0.2, 0) is 61.9 Å². The molecule has 2 aliphatic heterocycles. The molecule has 12 atom stereocenters. The van der Waals surface area contributed by atoms with E-state index in [0.29, 0.717) is 50.5 Å². The third kappa shape index (κ3) is 15.3. The number of nitrogens with two attached hydrogens (primary N) is 1. The Hall–Kier alpha value is -6.21. The Morgan fingerprint density at radius 3 is 1.79 bits per heavy atom. The van der Waals surface area contributed by atoms with Crippen molar-refractivity contribution in [3.63, 3.8) is 0 Å². The average Bonchev–Trinajstić information content (AvgIpc) is 1.54. The number of rotatable bonds is 26. The summed E-state index contributed by atoms with van der Waals surface area (Å²) in [5.41, 5.74) is 3.24. The molecule has 29 heteroatoms. The number of fused-ring (bicyclic) bond motifs is 1. The molecular weight excluding hydrogens is 1150 g/mol. The van der Waals surface area contributed by atoms with Gasteiger partial charge in [-0.05, 0) is 89.8 Å². The summed E-state index contributed by atoms with van der Waals surface area (Å²) in [5.74, 6) is -10.6. The van der Waals surface area contributed by atoms with Crippen molar-refractivity contribution >= 4 is 73.2 Å². The number of nitrogens with zero attached hydrogens (tertiary/aromatic N) is 2. The number of ether oxygens (including phenoxy) is 1. The fourth-order valence-corrected chi connectivity index (χ4v) is 13.5. The number of aliphatic hydroxyl groups excluding tert-OH is 5. The molecule has 9 amide bonds. The van der Waals surface area contributed by atoms with Crippen molar-refractivity contribution in [3.8, 4) is 0 Å². The van der Waals surface area contributed by atoms with Gasteiger partial charge in [0.1, 0.15) is 60.0 Å². The number of hydrogen-bond acceptors (Lipinski definition) is 19. The van der Waals surface area contributed by atoms with E-state index in [0.717, 1.165) is 21.8 Å². The smallest absolute Gasteiger partial charge is 0.329 e. The van der Waals surface area contributed by atoms with Crippen LogP contribution in [0.1, 0.15) is 126 Å². The highest BCUT2D eigenvalue weighted by Crippen LogP contribution is 2.66. The van der Waals surface area contributed by atoms with E-state index in [9.17, 15) is 83.4 Å². The Kier molecular flexibility index (Phi) is 22.6. The Balaban J connectivity index is 1.13. The first kappa shape index (κ1) is 69.9. The largest absolute Gasteiger partial charge is 0.455 e. The molecule has 0 aromatic heterocycles. The lowest BCUT2D eigenvalue weighted by Crippen LogP contribution is -2.62. The molecule has 0 radical (unpaired) electrons. The maximum atomic E-state index is 14.6. The summed E-state index contributed by atoms with van der Waals surface area (Å²) in [6.45, 7) is 12.5. The third-order valence-electron chi connectivity index (χ3n) is 19.0. The van der Waals surface area contributed by atoms with E-state index < -0.39 is 195 Å². The molecule has 2 saturated carbocycles. The zero-order valence-corrected chi connectivity index (χ0v) is 52.3. The first-order chi connectivity index (χ1) is 40.6. The summed E-state index contributed by atoms with van der Waals surface area (Å²) in [6.07, 6.45) is 2.87. The molecule has 0 aromatic rings. The van der Waals surface area contributed by atoms with E-state index in [-0.39, 0.29) is 43.1 Å². The van der Waals surface area contributed by atoms with E-state index in [2.05, 4.69) is 65.8 Å². The second-order valence-corrected chi connectivity index (χ2v) is 31.0. The lowest BCUT2D eigenvalue weighted by molar-refractivity contribution is -0.161. The summed E-state index contributed by atoms with van der Waals surface area (Å²) in [5, 5.41) is 77.1. The maximum absolute atomic E-state index is 14.6. The molecule has 2 saturated heterocycles. The van der Waals surface area contributed by atoms with Crippen LogP contribution in [0.15, 0.2) is 22.8 Å². The number of esters is 1. The van der Waals surface area contributed by atoms with E-state index >= 15 is 0 Å². The van der Waals surface area contributed by atoms with Crippen LogP contribution in [0.3, 0.4) is 0 Å². The van der Waals surface area contributed by atoms with Crippen LogP contribution in [0.5, 0.6) is 0 Å². The van der Waals surface area contributed by atoms with Crippen molar-refractivity contribution in [2.24, 2.45) is 22.5 Å². The van der Waals surface area contributed by atoms with Crippen molar-refractivity contribution in [2.75, 3.05) is 46.1 Å². The third-order valence-corrected chi connectivity index (χ3v) is 23.4. The predicted molar refractivity (Wildman–Crippen MR) is 311 cm³/mol. The molecule has 4 aliphatic carbocycles. The van der Waals surface area contributed by atoms with Crippen molar-refractivity contribution in [1.82, 2.24) is 41.7 Å². The van der Waals surface area contributed by atoms with Crippen molar-refractivity contribution < 1.29 is 92.5 Å². The van der Waals surface area contributed by atoms with Crippen molar-refractivity contribution in [2.45, 2.75) is 210 Å². The fraction of sp³-hybridized carbons (Fsp3) is 0.741. The topological polar surface area (TPSA) is 432 Å². The average molecular weight is 1250 g/mol. The number of aliphatic hydroxyl groups is 6. The van der Waals surface area contributed by atoms with Crippen LogP contribution in [0.2, 0.25) is 18.1 Å². The maximum Gasteiger partial charge on any atom is 0.329 e. The number of likely N-dealkylation sites (tertiary alicyclic amines) is 2. The van der Waals surface area contributed by atoms with Crippen molar-refractivity contribution in [1.29, 1.82) is 0 Å². The molecule has 2 heterocycles. The number of carbonyl (C=O) groups excluding carboxylic acids is 11. The van der Waals surface area contributed by atoms with Crippen molar-refractivity contribution in [3.05, 3.63) is 22.8 Å². The normalized spacial score (nSPS) is 26.5. The van der Waals surface area contributed by atoms with Gasteiger partial charge < -0.3 is 87.2 Å². The molecule has 14 N–H and O–H groups in total. The van der Waals surface area contributed by atoms with Crippen LogP contribution in [0.4, 0.5) is 0 Å². The number of amides is 9. The Labute approximate surface area is 507 Å². The number of β-amino-alcohol motifs (C(OH)–C–C–N with tert-alkyl or cyclic N) is 1. The van der Waals surface area contributed by atoms with Gasteiger partial charge in [0.25, 0.3) is 0 Å². The van der Waals surface area contributed by atoms with Gasteiger partial charge in [0.05, 0.1) is 32.5 Å². The summed E-state index contributed by atoms with van der Waals surface area (Å²) < 4.78 is 13.1. The zero-order chi connectivity index (χ0) is 64.9. The molecule has 0 bridgehead atoms. The van der Waals surface area contributed by atoms with Gasteiger partial charge in [-0.15, -0.1) is 0 Å². The highest BCUT2D eigenvalue weighted by molar-refractivity contribution is 6.74. The van der Waals surface area contributed by atoms with Gasteiger partial charge in [0.2, 0.25) is 53.2 Å². The first-order valence-corrected chi connectivity index (χ1v) is 32.9. The number of carbonyl (C=O) groups is 11. The van der Waals surface area contributed by atoms with E-state index in [1.807, 2.05) is 13.8 Å². The minimum Gasteiger partial charge on any atom is -0.455 e. The Bertz CT molecular complexity index is 2740. The van der Waals surface area contributed by atoms with Crippen LogP contribution in [-0.4, -0.2) is 226 Å². The van der Waals surface area contributed by atoms with Crippen LogP contribution in [0, 0.1) is 16.7 Å².